The second-order valence-corrected chi connectivity index (χ2v) is 6.73. The van der Waals surface area contributed by atoms with Crippen LogP contribution in [0.15, 0.2) is 60.7 Å². The molecule has 158 valence electrons. The first-order valence-corrected chi connectivity index (χ1v) is 10.0. The number of hydrogen-bond acceptors (Lipinski definition) is 5. The largest absolute Gasteiger partial charge is 0.508 e. The third kappa shape index (κ3) is 10.4. The minimum absolute atomic E-state index is 0.149. The van der Waals surface area contributed by atoms with Crippen molar-refractivity contribution in [1.29, 1.82) is 0 Å². The van der Waals surface area contributed by atoms with Gasteiger partial charge in [-0.2, -0.15) is 0 Å². The summed E-state index contributed by atoms with van der Waals surface area (Å²) in [5.74, 6) is -1.48. The van der Waals surface area contributed by atoms with Crippen molar-refractivity contribution in [2.24, 2.45) is 0 Å². The highest BCUT2D eigenvalue weighted by molar-refractivity contribution is 6.01. The van der Waals surface area contributed by atoms with Crippen LogP contribution in [0.1, 0.15) is 62.2 Å². The highest BCUT2D eigenvalue weighted by Crippen LogP contribution is 2.33. The quantitative estimate of drug-likeness (QED) is 0.155. The number of carbonyl (C=O) groups excluding carboxylic acids is 1. The molecule has 29 heavy (non-hydrogen) atoms. The van der Waals surface area contributed by atoms with Gasteiger partial charge in [0.05, 0.1) is 6.10 Å². The fourth-order valence-electron chi connectivity index (χ4n) is 2.68. The van der Waals surface area contributed by atoms with E-state index < -0.39 is 17.6 Å². The molecule has 0 aliphatic carbocycles. The van der Waals surface area contributed by atoms with Crippen LogP contribution < -0.4 is 0 Å². The topological polar surface area (TPSA) is 98.0 Å². The average molecular weight is 401 g/mol. The van der Waals surface area contributed by atoms with E-state index in [4.69, 9.17) is 0 Å². The number of unbranched alkanes of at least 4 members (excludes halogenated alkanes) is 2. The predicted octanol–water partition coefficient (Wildman–Crippen LogP) is 5.32. The Hall–Kier alpha value is -2.79. The molecule has 0 aliphatic rings. The third-order valence-electron chi connectivity index (χ3n) is 4.18. The first-order valence-electron chi connectivity index (χ1n) is 10.0. The lowest BCUT2D eigenvalue weighted by atomic mass is 10.0. The number of phenols is 3. The smallest absolute Gasteiger partial charge is 0.170 e. The molecule has 5 heteroatoms. The highest BCUT2D eigenvalue weighted by Gasteiger charge is 2.17. The van der Waals surface area contributed by atoms with Crippen LogP contribution in [0.2, 0.25) is 0 Å². The van der Waals surface area contributed by atoms with E-state index >= 15 is 0 Å². The average Bonchev–Trinajstić information content (AvgIpc) is 2.65. The van der Waals surface area contributed by atoms with E-state index in [1.807, 2.05) is 30.4 Å². The molecule has 0 heterocycles. The van der Waals surface area contributed by atoms with Gasteiger partial charge in [-0.1, -0.05) is 55.5 Å². The summed E-state index contributed by atoms with van der Waals surface area (Å²) in [6.45, 7) is 2.10. The minimum Gasteiger partial charge on any atom is -0.508 e. The Morgan fingerprint density at radius 2 is 1.69 bits per heavy atom. The number of benzene rings is 1. The number of aromatic hydroxyl groups is 3. The summed E-state index contributed by atoms with van der Waals surface area (Å²) in [4.78, 5) is 12.1. The van der Waals surface area contributed by atoms with Gasteiger partial charge in [0.15, 0.2) is 5.78 Å². The molecule has 0 amide bonds. The van der Waals surface area contributed by atoms with Crippen molar-refractivity contribution >= 4 is 5.78 Å². The van der Waals surface area contributed by atoms with Crippen LogP contribution in [0.3, 0.4) is 0 Å². The Labute approximate surface area is 173 Å². The van der Waals surface area contributed by atoms with Gasteiger partial charge in [-0.15, -0.1) is 0 Å². The van der Waals surface area contributed by atoms with Gasteiger partial charge in [-0.05, 0) is 38.5 Å². The van der Waals surface area contributed by atoms with Gasteiger partial charge in [0.1, 0.15) is 22.8 Å². The molecule has 1 atom stereocenters. The Bertz CT molecular complexity index is 721. The van der Waals surface area contributed by atoms with Gasteiger partial charge in [0.2, 0.25) is 0 Å². The number of aliphatic hydroxyl groups is 1. The monoisotopic (exact) mass is 400 g/mol. The first-order chi connectivity index (χ1) is 14.0. The molecule has 1 rings (SSSR count). The molecule has 1 aromatic carbocycles. The van der Waals surface area contributed by atoms with Gasteiger partial charge >= 0.3 is 0 Å². The highest BCUT2D eigenvalue weighted by atomic mass is 16.3. The zero-order valence-electron chi connectivity index (χ0n) is 17.0. The number of rotatable bonds is 13. The number of aliphatic hydroxyl groups excluding tert-OH is 1. The fraction of sp³-hybridized carbons (Fsp3) is 0.375. The van der Waals surface area contributed by atoms with Crippen molar-refractivity contribution in [3.63, 3.8) is 0 Å². The van der Waals surface area contributed by atoms with E-state index in [-0.39, 0.29) is 23.5 Å². The molecule has 0 saturated heterocycles. The van der Waals surface area contributed by atoms with Gasteiger partial charge < -0.3 is 20.4 Å². The first kappa shape index (κ1) is 24.2. The van der Waals surface area contributed by atoms with Crippen LogP contribution in [-0.2, 0) is 0 Å². The maximum atomic E-state index is 12.1. The third-order valence-corrected chi connectivity index (χ3v) is 4.18. The van der Waals surface area contributed by atoms with E-state index in [1.54, 1.807) is 6.08 Å². The Kier molecular flexibility index (Phi) is 11.9. The van der Waals surface area contributed by atoms with Crippen molar-refractivity contribution in [3.05, 3.63) is 66.3 Å². The van der Waals surface area contributed by atoms with Crippen molar-refractivity contribution < 1.29 is 25.2 Å². The SMILES string of the molecule is CCC=CCC=CC=C[C@H](O)CC=CCCCCC(=O)c1c(O)cc(O)cc1O. The fourth-order valence-corrected chi connectivity index (χ4v) is 2.68. The molecule has 0 fully saturated rings. The van der Waals surface area contributed by atoms with E-state index in [2.05, 4.69) is 19.1 Å². The summed E-state index contributed by atoms with van der Waals surface area (Å²) < 4.78 is 0. The molecule has 5 nitrogen and oxygen atoms in total. The zero-order chi connectivity index (χ0) is 21.5. The Morgan fingerprint density at radius 3 is 2.38 bits per heavy atom. The Morgan fingerprint density at radius 1 is 0.966 bits per heavy atom. The van der Waals surface area contributed by atoms with Crippen molar-refractivity contribution in [2.75, 3.05) is 0 Å². The van der Waals surface area contributed by atoms with E-state index in [1.165, 1.54) is 0 Å². The summed E-state index contributed by atoms with van der Waals surface area (Å²) in [5, 5.41) is 38.5. The molecule has 0 aliphatic heterocycles. The second kappa shape index (κ2) is 14.2. The molecule has 0 radical (unpaired) electrons. The Balaban J connectivity index is 2.22. The van der Waals surface area contributed by atoms with Crippen LogP contribution in [0.4, 0.5) is 0 Å². The normalized spacial score (nSPS) is 13.3. The number of carbonyl (C=O) groups is 1. The van der Waals surface area contributed by atoms with Gasteiger partial charge in [0, 0.05) is 18.6 Å². The van der Waals surface area contributed by atoms with Crippen LogP contribution in [0, 0.1) is 0 Å². The standard InChI is InChI=1S/C24H32O5/c1-2-3-4-5-6-8-11-14-19(25)15-12-9-7-10-13-16-21(27)24-22(28)17-20(26)18-23(24)29/h3-4,6,8-9,11-12,14,17-19,25-26,28-29H,2,5,7,10,13,15-16H2,1H3/t19-/m0/s1. The zero-order valence-corrected chi connectivity index (χ0v) is 17.0. The minimum atomic E-state index is -0.524. The molecule has 0 aromatic heterocycles. The van der Waals surface area contributed by atoms with Crippen molar-refractivity contribution in [1.82, 2.24) is 0 Å². The molecule has 0 bridgehead atoms. The maximum Gasteiger partial charge on any atom is 0.170 e. The number of Topliss-reactive ketones (excluding diaryl/α,β-unsaturated/α-hetero) is 1. The predicted molar refractivity (Wildman–Crippen MR) is 116 cm³/mol. The second-order valence-electron chi connectivity index (χ2n) is 6.73. The summed E-state index contributed by atoms with van der Waals surface area (Å²) in [7, 11) is 0. The summed E-state index contributed by atoms with van der Waals surface area (Å²) in [5.41, 5.74) is -0.149. The molecule has 4 N–H and O–H groups in total. The molecule has 1 aromatic rings. The summed E-state index contributed by atoms with van der Waals surface area (Å²) in [6, 6.07) is 2.07. The number of phenolic OH excluding ortho intramolecular Hbond substituents is 3. The summed E-state index contributed by atoms with van der Waals surface area (Å²) >= 11 is 0. The van der Waals surface area contributed by atoms with Gasteiger partial charge in [-0.3, -0.25) is 4.79 Å². The lowest BCUT2D eigenvalue weighted by Crippen LogP contribution is -2.00. The molecular formula is C24H32O5. The molecule has 0 spiro atoms. The van der Waals surface area contributed by atoms with E-state index in [9.17, 15) is 25.2 Å². The number of hydrogen-bond donors (Lipinski definition) is 4. The van der Waals surface area contributed by atoms with E-state index in [0.29, 0.717) is 12.8 Å². The van der Waals surface area contributed by atoms with Crippen molar-refractivity contribution in [3.8, 4) is 17.2 Å². The van der Waals surface area contributed by atoms with Gasteiger partial charge in [-0.25, -0.2) is 0 Å². The molecular weight excluding hydrogens is 368 g/mol. The lowest BCUT2D eigenvalue weighted by Gasteiger charge is -2.07. The summed E-state index contributed by atoms with van der Waals surface area (Å²) in [6.07, 6.45) is 20.0. The number of ketones is 1. The van der Waals surface area contributed by atoms with E-state index in [0.717, 1.165) is 37.8 Å². The van der Waals surface area contributed by atoms with Crippen molar-refractivity contribution in [2.45, 2.75) is 58.0 Å². The van der Waals surface area contributed by atoms with Crippen LogP contribution in [0.25, 0.3) is 0 Å². The van der Waals surface area contributed by atoms with Crippen LogP contribution in [-0.4, -0.2) is 32.3 Å². The lowest BCUT2D eigenvalue weighted by molar-refractivity contribution is 0.0974. The van der Waals surface area contributed by atoms with Crippen LogP contribution >= 0.6 is 0 Å². The molecule has 0 unspecified atom stereocenters. The molecule has 0 saturated carbocycles. The van der Waals surface area contributed by atoms with Gasteiger partial charge in [0.25, 0.3) is 0 Å². The number of allylic oxidation sites excluding steroid dienone is 6. The van der Waals surface area contributed by atoms with Crippen LogP contribution in [0.5, 0.6) is 17.2 Å². The maximum absolute atomic E-state index is 12.1.